The van der Waals surface area contributed by atoms with Crippen LogP contribution in [0.2, 0.25) is 0 Å². The van der Waals surface area contributed by atoms with Crippen molar-refractivity contribution in [1.82, 2.24) is 10.2 Å². The average molecular weight is 413 g/mol. The van der Waals surface area contributed by atoms with Gasteiger partial charge in [-0.05, 0) is 24.1 Å². The second kappa shape index (κ2) is 10.5. The van der Waals surface area contributed by atoms with Crippen LogP contribution >= 0.6 is 0 Å². The van der Waals surface area contributed by atoms with Gasteiger partial charge in [0.15, 0.2) is 0 Å². The van der Waals surface area contributed by atoms with E-state index in [4.69, 9.17) is 14.2 Å². The molecule has 2 N–H and O–H groups in total. The van der Waals surface area contributed by atoms with E-state index in [2.05, 4.69) is 10.6 Å². The molecule has 0 saturated carbocycles. The molecule has 0 bridgehead atoms. The Morgan fingerprint density at radius 1 is 1.17 bits per heavy atom. The van der Waals surface area contributed by atoms with Crippen molar-refractivity contribution in [2.75, 3.05) is 45.8 Å². The van der Waals surface area contributed by atoms with E-state index in [1.54, 1.807) is 30.2 Å². The number of morpholine rings is 1. The largest absolute Gasteiger partial charge is 0.497 e. The summed E-state index contributed by atoms with van der Waals surface area (Å²) in [5.41, 5.74) is 1.68. The molecular weight excluding hydrogens is 386 g/mol. The lowest BCUT2D eigenvalue weighted by Gasteiger charge is -2.33. The fourth-order valence-electron chi connectivity index (χ4n) is 3.21. The molecule has 1 aliphatic rings. The number of amides is 3. The Kier molecular flexibility index (Phi) is 7.51. The Morgan fingerprint density at radius 3 is 2.70 bits per heavy atom. The fraction of sp³-hybridized carbons (Fsp3) is 0.364. The first kappa shape index (κ1) is 21.4. The highest BCUT2D eigenvalue weighted by Crippen LogP contribution is 2.28. The molecule has 1 fully saturated rings. The van der Waals surface area contributed by atoms with Crippen LogP contribution in [0.5, 0.6) is 11.5 Å². The molecule has 0 spiro atoms. The molecule has 30 heavy (non-hydrogen) atoms. The number of methoxy groups -OCH3 is 2. The number of rotatable bonds is 8. The quantitative estimate of drug-likeness (QED) is 0.693. The van der Waals surface area contributed by atoms with Gasteiger partial charge in [0, 0.05) is 25.7 Å². The summed E-state index contributed by atoms with van der Waals surface area (Å²) in [6.45, 7) is 1.37. The predicted molar refractivity (Wildman–Crippen MR) is 113 cm³/mol. The summed E-state index contributed by atoms with van der Waals surface area (Å²) < 4.78 is 16.0. The van der Waals surface area contributed by atoms with Crippen LogP contribution in [0, 0.1) is 0 Å². The van der Waals surface area contributed by atoms with E-state index in [0.29, 0.717) is 30.3 Å². The number of carbonyl (C=O) groups is 2. The molecule has 3 amide bonds. The Morgan fingerprint density at radius 2 is 1.97 bits per heavy atom. The smallest absolute Gasteiger partial charge is 0.319 e. The first-order valence-corrected chi connectivity index (χ1v) is 9.79. The normalized spacial score (nSPS) is 16.1. The Hall–Kier alpha value is -3.26. The molecule has 1 atom stereocenters. The highest BCUT2D eigenvalue weighted by molar-refractivity contribution is 5.91. The van der Waals surface area contributed by atoms with Crippen molar-refractivity contribution in [3.8, 4) is 11.5 Å². The Balaban J connectivity index is 1.49. The van der Waals surface area contributed by atoms with Crippen LogP contribution in [0.3, 0.4) is 0 Å². The number of ether oxygens (including phenoxy) is 3. The van der Waals surface area contributed by atoms with Crippen molar-refractivity contribution >= 4 is 17.6 Å². The van der Waals surface area contributed by atoms with E-state index in [-0.39, 0.29) is 25.2 Å². The summed E-state index contributed by atoms with van der Waals surface area (Å²) in [7, 11) is 3.08. The zero-order valence-corrected chi connectivity index (χ0v) is 17.2. The summed E-state index contributed by atoms with van der Waals surface area (Å²) in [6.07, 6.45) is 0.513. The topological polar surface area (TPSA) is 89.1 Å². The molecule has 1 heterocycles. The maximum absolute atomic E-state index is 12.3. The van der Waals surface area contributed by atoms with Gasteiger partial charge in [-0.2, -0.15) is 0 Å². The molecule has 1 saturated heterocycles. The minimum Gasteiger partial charge on any atom is -0.497 e. The predicted octanol–water partition coefficient (Wildman–Crippen LogP) is 2.30. The number of urea groups is 1. The second-order valence-corrected chi connectivity index (χ2v) is 6.91. The van der Waals surface area contributed by atoms with Gasteiger partial charge < -0.3 is 29.7 Å². The maximum Gasteiger partial charge on any atom is 0.319 e. The van der Waals surface area contributed by atoms with Gasteiger partial charge in [0.1, 0.15) is 18.1 Å². The summed E-state index contributed by atoms with van der Waals surface area (Å²) in [6, 6.07) is 14.8. The van der Waals surface area contributed by atoms with Gasteiger partial charge in [-0.25, -0.2) is 4.79 Å². The van der Waals surface area contributed by atoms with E-state index >= 15 is 0 Å². The third-order valence-corrected chi connectivity index (χ3v) is 4.88. The fourth-order valence-corrected chi connectivity index (χ4v) is 3.21. The minimum absolute atomic E-state index is 0.0203. The Bertz CT molecular complexity index is 859. The molecule has 8 heteroatoms. The van der Waals surface area contributed by atoms with Gasteiger partial charge in [0.25, 0.3) is 0 Å². The summed E-state index contributed by atoms with van der Waals surface area (Å²) in [4.78, 5) is 26.3. The molecule has 1 aliphatic heterocycles. The molecule has 1 unspecified atom stereocenters. The van der Waals surface area contributed by atoms with E-state index in [1.165, 1.54) is 12.7 Å². The molecule has 0 radical (unpaired) electrons. The first-order valence-electron chi connectivity index (χ1n) is 9.79. The minimum atomic E-state index is -0.391. The lowest BCUT2D eigenvalue weighted by atomic mass is 10.1. The zero-order chi connectivity index (χ0) is 21.3. The standard InChI is InChI=1S/C22H27N3O5/c1-28-17-8-9-20(29-2)19(12-17)24-22(27)23-13-18-14-25(21(26)15-30-18)11-10-16-6-4-3-5-7-16/h3-9,12,18H,10-11,13-15H2,1-2H3,(H2,23,24,27). The lowest BCUT2D eigenvalue weighted by molar-refractivity contribution is -0.148. The van der Waals surface area contributed by atoms with E-state index in [9.17, 15) is 9.59 Å². The summed E-state index contributed by atoms with van der Waals surface area (Å²) in [5, 5.41) is 5.54. The molecule has 2 aromatic rings. The monoisotopic (exact) mass is 413 g/mol. The number of hydrogen-bond donors (Lipinski definition) is 2. The molecule has 160 valence electrons. The molecular formula is C22H27N3O5. The van der Waals surface area contributed by atoms with Crippen molar-refractivity contribution in [2.45, 2.75) is 12.5 Å². The van der Waals surface area contributed by atoms with Crippen molar-refractivity contribution in [1.29, 1.82) is 0 Å². The van der Waals surface area contributed by atoms with E-state index < -0.39 is 6.03 Å². The van der Waals surface area contributed by atoms with Gasteiger partial charge in [-0.15, -0.1) is 0 Å². The third-order valence-electron chi connectivity index (χ3n) is 4.88. The highest BCUT2D eigenvalue weighted by atomic mass is 16.5. The van der Waals surface area contributed by atoms with Crippen LogP contribution in [0.4, 0.5) is 10.5 Å². The number of carbonyl (C=O) groups excluding carboxylic acids is 2. The number of benzene rings is 2. The van der Waals surface area contributed by atoms with Crippen LogP contribution in [0.1, 0.15) is 5.56 Å². The van der Waals surface area contributed by atoms with Crippen molar-refractivity contribution in [3.05, 3.63) is 54.1 Å². The van der Waals surface area contributed by atoms with Crippen LogP contribution in [-0.4, -0.2) is 63.4 Å². The van der Waals surface area contributed by atoms with Gasteiger partial charge >= 0.3 is 6.03 Å². The molecule has 8 nitrogen and oxygen atoms in total. The molecule has 0 aliphatic carbocycles. The van der Waals surface area contributed by atoms with E-state index in [1.807, 2.05) is 30.3 Å². The number of anilines is 1. The number of hydrogen-bond acceptors (Lipinski definition) is 5. The van der Waals surface area contributed by atoms with Gasteiger partial charge in [-0.3, -0.25) is 4.79 Å². The lowest BCUT2D eigenvalue weighted by Crippen LogP contribution is -2.51. The van der Waals surface area contributed by atoms with E-state index in [0.717, 1.165) is 6.42 Å². The van der Waals surface area contributed by atoms with Crippen molar-refractivity contribution < 1.29 is 23.8 Å². The van der Waals surface area contributed by atoms with Crippen molar-refractivity contribution in [3.63, 3.8) is 0 Å². The van der Waals surface area contributed by atoms with Crippen LogP contribution in [0.15, 0.2) is 48.5 Å². The van der Waals surface area contributed by atoms with Gasteiger partial charge in [0.2, 0.25) is 5.91 Å². The van der Waals surface area contributed by atoms with Crippen molar-refractivity contribution in [2.24, 2.45) is 0 Å². The maximum atomic E-state index is 12.3. The molecule has 2 aromatic carbocycles. The zero-order valence-electron chi connectivity index (χ0n) is 17.2. The highest BCUT2D eigenvalue weighted by Gasteiger charge is 2.26. The number of nitrogens with zero attached hydrogens (tertiary/aromatic N) is 1. The van der Waals surface area contributed by atoms with Crippen LogP contribution < -0.4 is 20.1 Å². The molecule has 0 aromatic heterocycles. The van der Waals surface area contributed by atoms with Crippen LogP contribution in [0.25, 0.3) is 0 Å². The van der Waals surface area contributed by atoms with Gasteiger partial charge in [-0.1, -0.05) is 30.3 Å². The second-order valence-electron chi connectivity index (χ2n) is 6.91. The van der Waals surface area contributed by atoms with Gasteiger partial charge in [0.05, 0.1) is 26.0 Å². The van der Waals surface area contributed by atoms with Crippen LogP contribution in [-0.2, 0) is 16.0 Å². The first-order chi connectivity index (χ1) is 14.6. The average Bonchev–Trinajstić information content (AvgIpc) is 2.78. The summed E-state index contributed by atoms with van der Waals surface area (Å²) >= 11 is 0. The Labute approximate surface area is 176 Å². The molecule has 3 rings (SSSR count). The SMILES string of the molecule is COc1ccc(OC)c(NC(=O)NCC2CN(CCc3ccccc3)C(=O)CO2)c1. The summed E-state index contributed by atoms with van der Waals surface area (Å²) in [5.74, 6) is 1.10. The third kappa shape index (κ3) is 5.87. The number of nitrogens with one attached hydrogen (secondary N) is 2.